The number of likely N-dealkylation sites (N-methyl/N-ethyl adjacent to an activating group) is 1. The summed E-state index contributed by atoms with van der Waals surface area (Å²) in [5, 5.41) is 4.48. The number of nitrogens with zero attached hydrogens (tertiary/aromatic N) is 4. The zero-order valence-electron chi connectivity index (χ0n) is 12.0. The molecule has 2 rings (SSSR count). The van der Waals surface area contributed by atoms with Gasteiger partial charge in [0.2, 0.25) is 0 Å². The van der Waals surface area contributed by atoms with Crippen LogP contribution in [-0.4, -0.2) is 33.3 Å². The number of hydrogen-bond donors (Lipinski definition) is 0. The third-order valence-electron chi connectivity index (χ3n) is 3.30. The number of hydrogen-bond acceptors (Lipinski definition) is 3. The fraction of sp³-hybridized carbons (Fsp3) is 0.467. The van der Waals surface area contributed by atoms with Gasteiger partial charge in [0.1, 0.15) is 0 Å². The van der Waals surface area contributed by atoms with Gasteiger partial charge >= 0.3 is 0 Å². The second kappa shape index (κ2) is 6.48. The lowest BCUT2D eigenvalue weighted by Crippen LogP contribution is -2.21. The fourth-order valence-corrected chi connectivity index (χ4v) is 2.25. The molecule has 0 saturated heterocycles. The summed E-state index contributed by atoms with van der Waals surface area (Å²) >= 11 is 0. The van der Waals surface area contributed by atoms with Crippen molar-refractivity contribution in [2.45, 2.75) is 26.3 Å². The smallest absolute Gasteiger partial charge is 0.0666 e. The zero-order valence-corrected chi connectivity index (χ0v) is 12.0. The summed E-state index contributed by atoms with van der Waals surface area (Å²) < 4.78 is 1.91. The summed E-state index contributed by atoms with van der Waals surface area (Å²) in [7, 11) is 4.15. The van der Waals surface area contributed by atoms with E-state index in [1.165, 1.54) is 16.8 Å². The highest BCUT2D eigenvalue weighted by atomic mass is 15.3. The molecule has 2 aromatic rings. The van der Waals surface area contributed by atoms with Gasteiger partial charge in [0.25, 0.3) is 0 Å². The van der Waals surface area contributed by atoms with Crippen molar-refractivity contribution < 1.29 is 0 Å². The summed E-state index contributed by atoms with van der Waals surface area (Å²) in [5.41, 5.74) is 3.88. The third-order valence-corrected chi connectivity index (χ3v) is 3.30. The Kier molecular flexibility index (Phi) is 4.68. The van der Waals surface area contributed by atoms with Gasteiger partial charge in [0.05, 0.1) is 5.69 Å². The molecule has 0 aliphatic carbocycles. The Morgan fingerprint density at radius 2 is 2.00 bits per heavy atom. The van der Waals surface area contributed by atoms with Gasteiger partial charge in [-0.3, -0.25) is 9.67 Å². The standard InChI is InChI=1S/C15H22N4/c1-4-15-14(12-19(3)17-15)11-18(2)10-7-13-5-8-16-9-6-13/h5-6,8-9,12H,4,7,10-11H2,1-3H3. The van der Waals surface area contributed by atoms with Crippen LogP contribution in [0.25, 0.3) is 0 Å². The van der Waals surface area contributed by atoms with E-state index in [0.29, 0.717) is 0 Å². The van der Waals surface area contributed by atoms with E-state index >= 15 is 0 Å². The minimum absolute atomic E-state index is 0.960. The summed E-state index contributed by atoms with van der Waals surface area (Å²) in [6.07, 6.45) is 7.88. The molecule has 0 saturated carbocycles. The molecule has 0 radical (unpaired) electrons. The highest BCUT2D eigenvalue weighted by molar-refractivity contribution is 5.17. The molecule has 0 fully saturated rings. The number of pyridine rings is 1. The van der Waals surface area contributed by atoms with Crippen LogP contribution in [0.1, 0.15) is 23.7 Å². The van der Waals surface area contributed by atoms with Crippen LogP contribution in [0.2, 0.25) is 0 Å². The van der Waals surface area contributed by atoms with E-state index in [1.54, 1.807) is 0 Å². The quantitative estimate of drug-likeness (QED) is 0.795. The zero-order chi connectivity index (χ0) is 13.7. The second-order valence-corrected chi connectivity index (χ2v) is 4.97. The first-order valence-corrected chi connectivity index (χ1v) is 6.78. The molecule has 0 aliphatic rings. The predicted molar refractivity (Wildman–Crippen MR) is 76.9 cm³/mol. The Morgan fingerprint density at radius 3 is 2.68 bits per heavy atom. The molecule has 102 valence electrons. The highest BCUT2D eigenvalue weighted by Crippen LogP contribution is 2.10. The molecular weight excluding hydrogens is 236 g/mol. The predicted octanol–water partition coefficient (Wildman–Crippen LogP) is 2.05. The average molecular weight is 258 g/mol. The molecule has 0 aliphatic heterocycles. The first kappa shape index (κ1) is 13.7. The second-order valence-electron chi connectivity index (χ2n) is 4.97. The lowest BCUT2D eigenvalue weighted by Gasteiger charge is -2.16. The molecule has 0 atom stereocenters. The largest absolute Gasteiger partial charge is 0.302 e. The van der Waals surface area contributed by atoms with E-state index in [0.717, 1.165) is 25.9 Å². The first-order valence-electron chi connectivity index (χ1n) is 6.78. The van der Waals surface area contributed by atoms with E-state index in [1.807, 2.05) is 24.1 Å². The van der Waals surface area contributed by atoms with E-state index in [4.69, 9.17) is 0 Å². The molecule has 4 nitrogen and oxygen atoms in total. The highest BCUT2D eigenvalue weighted by Gasteiger charge is 2.08. The van der Waals surface area contributed by atoms with Crippen LogP contribution < -0.4 is 0 Å². The van der Waals surface area contributed by atoms with Crippen molar-refractivity contribution in [3.05, 3.63) is 47.5 Å². The maximum absolute atomic E-state index is 4.48. The summed E-state index contributed by atoms with van der Waals surface area (Å²) in [6, 6.07) is 4.16. The number of aryl methyl sites for hydroxylation is 2. The number of aromatic nitrogens is 3. The van der Waals surface area contributed by atoms with Crippen LogP contribution in [0.5, 0.6) is 0 Å². The third kappa shape index (κ3) is 3.89. The van der Waals surface area contributed by atoms with Crippen LogP contribution >= 0.6 is 0 Å². The van der Waals surface area contributed by atoms with Gasteiger partial charge in [0.15, 0.2) is 0 Å². The van der Waals surface area contributed by atoms with Crippen LogP contribution in [0.15, 0.2) is 30.7 Å². The Hall–Kier alpha value is -1.68. The Bertz CT molecular complexity index is 504. The Morgan fingerprint density at radius 1 is 1.26 bits per heavy atom. The normalized spacial score (nSPS) is 11.2. The summed E-state index contributed by atoms with van der Waals surface area (Å²) in [4.78, 5) is 6.38. The minimum Gasteiger partial charge on any atom is -0.302 e. The van der Waals surface area contributed by atoms with Crippen LogP contribution in [0.4, 0.5) is 0 Å². The van der Waals surface area contributed by atoms with Crippen molar-refractivity contribution in [3.8, 4) is 0 Å². The maximum atomic E-state index is 4.48. The van der Waals surface area contributed by atoms with Crippen LogP contribution in [0.3, 0.4) is 0 Å². The SMILES string of the molecule is CCc1nn(C)cc1CN(C)CCc1ccncc1. The van der Waals surface area contributed by atoms with Crippen molar-refractivity contribution in [2.75, 3.05) is 13.6 Å². The van der Waals surface area contributed by atoms with Gasteiger partial charge < -0.3 is 4.90 Å². The van der Waals surface area contributed by atoms with Crippen molar-refractivity contribution in [3.63, 3.8) is 0 Å². The molecule has 0 bridgehead atoms. The van der Waals surface area contributed by atoms with Gasteiger partial charge in [-0.15, -0.1) is 0 Å². The summed E-state index contributed by atoms with van der Waals surface area (Å²) in [6.45, 7) is 4.16. The van der Waals surface area contributed by atoms with E-state index in [-0.39, 0.29) is 0 Å². The van der Waals surface area contributed by atoms with Crippen LogP contribution in [0, 0.1) is 0 Å². The van der Waals surface area contributed by atoms with Gasteiger partial charge in [-0.25, -0.2) is 0 Å². The average Bonchev–Trinajstić information content (AvgIpc) is 2.77. The van der Waals surface area contributed by atoms with Gasteiger partial charge in [0, 0.05) is 44.3 Å². The summed E-state index contributed by atoms with van der Waals surface area (Å²) in [5.74, 6) is 0. The monoisotopic (exact) mass is 258 g/mol. The van der Waals surface area contributed by atoms with Crippen molar-refractivity contribution >= 4 is 0 Å². The van der Waals surface area contributed by atoms with E-state index in [9.17, 15) is 0 Å². The van der Waals surface area contributed by atoms with E-state index < -0.39 is 0 Å². The van der Waals surface area contributed by atoms with Gasteiger partial charge in [-0.1, -0.05) is 6.92 Å². The molecule has 0 unspecified atom stereocenters. The molecule has 2 heterocycles. The van der Waals surface area contributed by atoms with Gasteiger partial charge in [-0.05, 0) is 37.6 Å². The molecule has 4 heteroatoms. The van der Waals surface area contributed by atoms with Gasteiger partial charge in [-0.2, -0.15) is 5.10 Å². The van der Waals surface area contributed by atoms with Crippen molar-refractivity contribution in [2.24, 2.45) is 7.05 Å². The van der Waals surface area contributed by atoms with Crippen molar-refractivity contribution in [1.82, 2.24) is 19.7 Å². The van der Waals surface area contributed by atoms with Crippen LogP contribution in [-0.2, 0) is 26.4 Å². The topological polar surface area (TPSA) is 34.0 Å². The first-order chi connectivity index (χ1) is 9.19. The molecule has 0 amide bonds. The molecule has 19 heavy (non-hydrogen) atoms. The minimum atomic E-state index is 0.960. The lowest BCUT2D eigenvalue weighted by atomic mass is 10.1. The Labute approximate surface area is 115 Å². The van der Waals surface area contributed by atoms with Crippen molar-refractivity contribution in [1.29, 1.82) is 0 Å². The maximum Gasteiger partial charge on any atom is 0.0666 e. The Balaban J connectivity index is 1.88. The lowest BCUT2D eigenvalue weighted by molar-refractivity contribution is 0.330. The molecule has 0 aromatic carbocycles. The molecule has 0 spiro atoms. The molecule has 2 aromatic heterocycles. The fourth-order valence-electron chi connectivity index (χ4n) is 2.25. The van der Waals surface area contributed by atoms with E-state index in [2.05, 4.69) is 47.3 Å². The molecule has 0 N–H and O–H groups in total. The molecular formula is C15H22N4. The number of rotatable bonds is 6.